The molecule has 2 heterocycles. The zero-order chi connectivity index (χ0) is 12.6. The number of likely N-dealkylation sites (tertiary alicyclic amines) is 1. The van der Waals surface area contributed by atoms with Gasteiger partial charge < -0.3 is 10.0 Å². The van der Waals surface area contributed by atoms with Crippen LogP contribution in [-0.4, -0.2) is 38.7 Å². The summed E-state index contributed by atoms with van der Waals surface area (Å²) in [5, 5.41) is 13.3. The average Bonchev–Trinajstić information content (AvgIpc) is 2.68. The maximum atomic E-state index is 11.7. The van der Waals surface area contributed by atoms with Crippen molar-refractivity contribution in [2.45, 2.75) is 18.9 Å². The molecule has 1 aromatic heterocycles. The first-order valence-electron chi connectivity index (χ1n) is 5.48. The number of carboxylic acids is 1. The highest BCUT2D eigenvalue weighted by Crippen LogP contribution is 2.35. The monoisotopic (exact) mass is 237 g/mol. The van der Waals surface area contributed by atoms with E-state index in [1.165, 1.54) is 4.90 Å². The molecule has 0 bridgehead atoms. The first-order valence-corrected chi connectivity index (χ1v) is 5.48. The van der Waals surface area contributed by atoms with Crippen LogP contribution in [0.15, 0.2) is 12.3 Å². The number of aromatic nitrogens is 2. The summed E-state index contributed by atoms with van der Waals surface area (Å²) in [4.78, 5) is 24.5. The summed E-state index contributed by atoms with van der Waals surface area (Å²) in [6.45, 7) is 0. The van der Waals surface area contributed by atoms with Crippen molar-refractivity contribution in [3.05, 3.63) is 18.0 Å². The number of aliphatic carboxylic acids is 1. The quantitative estimate of drug-likeness (QED) is 0.808. The normalized spacial score (nSPS) is 25.1. The first-order chi connectivity index (χ1) is 8.02. The Morgan fingerprint density at radius 2 is 2.24 bits per heavy atom. The average molecular weight is 237 g/mol. The lowest BCUT2D eigenvalue weighted by Crippen LogP contribution is -2.43. The van der Waals surface area contributed by atoms with E-state index in [0.717, 1.165) is 5.69 Å². The molecule has 0 saturated carbocycles. The Bertz CT molecular complexity index is 455. The van der Waals surface area contributed by atoms with E-state index in [1.807, 2.05) is 0 Å². The molecular weight excluding hydrogens is 222 g/mol. The number of amides is 1. The molecule has 1 aromatic rings. The van der Waals surface area contributed by atoms with Crippen molar-refractivity contribution in [2.24, 2.45) is 13.0 Å². The second-order valence-electron chi connectivity index (χ2n) is 4.31. The summed E-state index contributed by atoms with van der Waals surface area (Å²) in [7, 11) is 3.40. The van der Waals surface area contributed by atoms with Crippen LogP contribution in [0.3, 0.4) is 0 Å². The summed E-state index contributed by atoms with van der Waals surface area (Å²) in [5.41, 5.74) is 0.757. The van der Waals surface area contributed by atoms with E-state index in [9.17, 15) is 14.7 Å². The van der Waals surface area contributed by atoms with Gasteiger partial charge in [-0.25, -0.2) is 0 Å². The summed E-state index contributed by atoms with van der Waals surface area (Å²) in [6.07, 6.45) is 2.29. The Kier molecular flexibility index (Phi) is 2.87. The number of aryl methyl sites for hydroxylation is 1. The largest absolute Gasteiger partial charge is 0.481 e. The van der Waals surface area contributed by atoms with Gasteiger partial charge in [-0.1, -0.05) is 0 Å². The lowest BCUT2D eigenvalue weighted by atomic mass is 9.87. The predicted molar refractivity (Wildman–Crippen MR) is 59.1 cm³/mol. The summed E-state index contributed by atoms with van der Waals surface area (Å²) in [5.74, 6) is -1.45. The number of piperidine rings is 1. The van der Waals surface area contributed by atoms with E-state index in [0.29, 0.717) is 12.8 Å². The van der Waals surface area contributed by atoms with Gasteiger partial charge in [-0.15, -0.1) is 0 Å². The van der Waals surface area contributed by atoms with Crippen LogP contribution in [0, 0.1) is 5.92 Å². The minimum atomic E-state index is -0.865. The highest BCUT2D eigenvalue weighted by molar-refractivity contribution is 5.81. The lowest BCUT2D eigenvalue weighted by molar-refractivity contribution is -0.151. The smallest absolute Gasteiger partial charge is 0.309 e. The third-order valence-electron chi connectivity index (χ3n) is 3.34. The van der Waals surface area contributed by atoms with Crippen LogP contribution in [0.1, 0.15) is 24.6 Å². The van der Waals surface area contributed by atoms with E-state index in [1.54, 1.807) is 31.0 Å². The molecule has 1 amide bonds. The number of hydrogen-bond acceptors (Lipinski definition) is 3. The van der Waals surface area contributed by atoms with E-state index in [4.69, 9.17) is 0 Å². The molecule has 2 rings (SSSR count). The minimum absolute atomic E-state index is 0.0197. The summed E-state index contributed by atoms with van der Waals surface area (Å²) >= 11 is 0. The number of carboxylic acid groups (broad SMARTS) is 1. The molecule has 1 fully saturated rings. The first kappa shape index (κ1) is 11.6. The standard InChI is InChI=1S/C11H15N3O3/c1-13-9(15)4-3-7(11(16)17)10(13)8-5-6-12-14(8)2/h5-7,10H,3-4H2,1-2H3,(H,16,17). The molecule has 0 aromatic carbocycles. The Morgan fingerprint density at radius 3 is 2.76 bits per heavy atom. The topological polar surface area (TPSA) is 75.4 Å². The van der Waals surface area contributed by atoms with E-state index >= 15 is 0 Å². The number of rotatable bonds is 2. The fraction of sp³-hybridized carbons (Fsp3) is 0.545. The van der Waals surface area contributed by atoms with Gasteiger partial charge in [0.25, 0.3) is 0 Å². The molecule has 17 heavy (non-hydrogen) atoms. The van der Waals surface area contributed by atoms with Crippen LogP contribution in [0.4, 0.5) is 0 Å². The number of hydrogen-bond donors (Lipinski definition) is 1. The van der Waals surface area contributed by atoms with Crippen molar-refractivity contribution >= 4 is 11.9 Å². The third-order valence-corrected chi connectivity index (χ3v) is 3.34. The molecule has 2 unspecified atom stereocenters. The van der Waals surface area contributed by atoms with Gasteiger partial charge >= 0.3 is 5.97 Å². The Morgan fingerprint density at radius 1 is 1.53 bits per heavy atom. The Labute approximate surface area is 98.8 Å². The van der Waals surface area contributed by atoms with Gasteiger partial charge in [-0.2, -0.15) is 5.10 Å². The second-order valence-corrected chi connectivity index (χ2v) is 4.31. The second kappa shape index (κ2) is 4.20. The number of nitrogens with zero attached hydrogens (tertiary/aromatic N) is 3. The van der Waals surface area contributed by atoms with Crippen LogP contribution in [0.25, 0.3) is 0 Å². The van der Waals surface area contributed by atoms with Gasteiger partial charge in [0, 0.05) is 26.7 Å². The highest BCUT2D eigenvalue weighted by atomic mass is 16.4. The predicted octanol–water partition coefficient (Wildman–Crippen LogP) is 0.414. The molecule has 1 saturated heterocycles. The zero-order valence-electron chi connectivity index (χ0n) is 9.83. The van der Waals surface area contributed by atoms with Crippen molar-refractivity contribution in [2.75, 3.05) is 7.05 Å². The van der Waals surface area contributed by atoms with Crippen LogP contribution in [0.5, 0.6) is 0 Å². The van der Waals surface area contributed by atoms with E-state index < -0.39 is 17.9 Å². The van der Waals surface area contributed by atoms with Gasteiger partial charge in [0.05, 0.1) is 17.7 Å². The summed E-state index contributed by atoms with van der Waals surface area (Å²) < 4.78 is 1.62. The third kappa shape index (κ3) is 1.90. The summed E-state index contributed by atoms with van der Waals surface area (Å²) in [6, 6.07) is 1.33. The number of carbonyl (C=O) groups excluding carboxylic acids is 1. The van der Waals surface area contributed by atoms with Gasteiger partial charge in [0.15, 0.2) is 0 Å². The Hall–Kier alpha value is -1.85. The van der Waals surface area contributed by atoms with Crippen LogP contribution >= 0.6 is 0 Å². The zero-order valence-corrected chi connectivity index (χ0v) is 9.83. The van der Waals surface area contributed by atoms with Crippen molar-refractivity contribution in [3.63, 3.8) is 0 Å². The highest BCUT2D eigenvalue weighted by Gasteiger charge is 2.40. The van der Waals surface area contributed by atoms with Crippen molar-refractivity contribution in [1.29, 1.82) is 0 Å². The molecular formula is C11H15N3O3. The minimum Gasteiger partial charge on any atom is -0.481 e. The molecule has 1 aliphatic rings. The SMILES string of the molecule is CN1C(=O)CCC(C(=O)O)C1c1ccnn1C. The van der Waals surface area contributed by atoms with Gasteiger partial charge in [0.2, 0.25) is 5.91 Å². The fourth-order valence-electron chi connectivity index (χ4n) is 2.38. The van der Waals surface area contributed by atoms with Gasteiger partial charge in [0.1, 0.15) is 0 Å². The van der Waals surface area contributed by atoms with E-state index in [2.05, 4.69) is 5.10 Å². The Balaban J connectivity index is 2.40. The molecule has 0 radical (unpaired) electrons. The fourth-order valence-corrected chi connectivity index (χ4v) is 2.38. The number of carbonyl (C=O) groups is 2. The van der Waals surface area contributed by atoms with Crippen molar-refractivity contribution in [3.8, 4) is 0 Å². The van der Waals surface area contributed by atoms with Crippen molar-refractivity contribution in [1.82, 2.24) is 14.7 Å². The molecule has 0 aliphatic carbocycles. The maximum absolute atomic E-state index is 11.7. The van der Waals surface area contributed by atoms with E-state index in [-0.39, 0.29) is 5.91 Å². The maximum Gasteiger partial charge on any atom is 0.309 e. The van der Waals surface area contributed by atoms with Crippen LogP contribution in [-0.2, 0) is 16.6 Å². The lowest BCUT2D eigenvalue weighted by Gasteiger charge is -2.36. The molecule has 92 valence electrons. The van der Waals surface area contributed by atoms with Gasteiger partial charge in [-0.05, 0) is 12.5 Å². The molecule has 1 aliphatic heterocycles. The molecule has 0 spiro atoms. The molecule has 2 atom stereocenters. The van der Waals surface area contributed by atoms with Crippen LogP contribution in [0.2, 0.25) is 0 Å². The molecule has 6 heteroatoms. The van der Waals surface area contributed by atoms with Crippen LogP contribution < -0.4 is 0 Å². The van der Waals surface area contributed by atoms with Gasteiger partial charge in [-0.3, -0.25) is 14.3 Å². The van der Waals surface area contributed by atoms with Crippen molar-refractivity contribution < 1.29 is 14.7 Å². The molecule has 6 nitrogen and oxygen atoms in total. The molecule has 1 N–H and O–H groups in total.